The van der Waals surface area contributed by atoms with Gasteiger partial charge in [0.05, 0.1) is 13.2 Å². The second kappa shape index (κ2) is 8.90. The summed E-state index contributed by atoms with van der Waals surface area (Å²) < 4.78 is 10.4. The van der Waals surface area contributed by atoms with Gasteiger partial charge < -0.3 is 14.8 Å². The molecule has 0 bridgehead atoms. The molecule has 3 heteroatoms. The number of nitrogens with one attached hydrogen (secondary N) is 1. The quantitative estimate of drug-likeness (QED) is 0.664. The van der Waals surface area contributed by atoms with Crippen molar-refractivity contribution < 1.29 is 9.47 Å². The predicted octanol–water partition coefficient (Wildman–Crippen LogP) is 2.45. The molecule has 1 aliphatic rings. The Morgan fingerprint density at radius 1 is 1.06 bits per heavy atom. The smallest absolute Gasteiger partial charge is 0.0700 e. The zero-order valence-electron chi connectivity index (χ0n) is 11.7. The van der Waals surface area contributed by atoms with Crippen LogP contribution in [0, 0.1) is 11.8 Å². The average Bonchev–Trinajstić information content (AvgIpc) is 2.32. The van der Waals surface area contributed by atoms with Gasteiger partial charge in [-0.15, -0.1) is 0 Å². The van der Waals surface area contributed by atoms with Crippen molar-refractivity contribution in [2.45, 2.75) is 45.6 Å². The summed E-state index contributed by atoms with van der Waals surface area (Å²) in [5.41, 5.74) is 0. The largest absolute Gasteiger partial charge is 0.382 e. The molecule has 1 N–H and O–H groups in total. The van der Waals surface area contributed by atoms with Crippen LogP contribution in [-0.2, 0) is 9.47 Å². The average molecular weight is 243 g/mol. The van der Waals surface area contributed by atoms with Gasteiger partial charge in [0.1, 0.15) is 0 Å². The summed E-state index contributed by atoms with van der Waals surface area (Å²) in [6.07, 6.45) is 5.16. The van der Waals surface area contributed by atoms with E-state index in [9.17, 15) is 0 Å². The van der Waals surface area contributed by atoms with Crippen LogP contribution in [0.5, 0.6) is 0 Å². The molecule has 1 aliphatic carbocycles. The SMILES string of the molecule is COCCOCCCNC1CCC(C)C(C)C1. The molecule has 0 radical (unpaired) electrons. The minimum Gasteiger partial charge on any atom is -0.382 e. The van der Waals surface area contributed by atoms with Crippen LogP contribution in [0.15, 0.2) is 0 Å². The maximum absolute atomic E-state index is 5.44. The van der Waals surface area contributed by atoms with Crippen molar-refractivity contribution in [1.29, 1.82) is 0 Å². The molecule has 0 aromatic carbocycles. The minimum atomic E-state index is 0.700. The summed E-state index contributed by atoms with van der Waals surface area (Å²) in [4.78, 5) is 0. The Morgan fingerprint density at radius 3 is 2.59 bits per heavy atom. The molecule has 0 amide bonds. The molecule has 0 aromatic heterocycles. The molecule has 0 saturated heterocycles. The minimum absolute atomic E-state index is 0.700. The van der Waals surface area contributed by atoms with E-state index in [2.05, 4.69) is 19.2 Å². The Morgan fingerprint density at radius 2 is 1.88 bits per heavy atom. The number of rotatable bonds is 8. The van der Waals surface area contributed by atoms with Gasteiger partial charge in [-0.2, -0.15) is 0 Å². The molecule has 0 spiro atoms. The summed E-state index contributed by atoms with van der Waals surface area (Å²) in [5, 5.41) is 3.65. The van der Waals surface area contributed by atoms with E-state index in [0.29, 0.717) is 13.2 Å². The topological polar surface area (TPSA) is 30.5 Å². The molecule has 1 saturated carbocycles. The van der Waals surface area contributed by atoms with Crippen LogP contribution >= 0.6 is 0 Å². The molecule has 102 valence electrons. The van der Waals surface area contributed by atoms with Gasteiger partial charge in [-0.05, 0) is 44.1 Å². The van der Waals surface area contributed by atoms with Crippen molar-refractivity contribution in [1.82, 2.24) is 5.32 Å². The molecule has 1 fully saturated rings. The normalized spacial score (nSPS) is 29.5. The highest BCUT2D eigenvalue weighted by atomic mass is 16.5. The molecule has 1 rings (SSSR count). The maximum atomic E-state index is 5.44. The van der Waals surface area contributed by atoms with Gasteiger partial charge in [0.25, 0.3) is 0 Å². The van der Waals surface area contributed by atoms with E-state index >= 15 is 0 Å². The lowest BCUT2D eigenvalue weighted by molar-refractivity contribution is 0.0688. The van der Waals surface area contributed by atoms with Gasteiger partial charge in [-0.1, -0.05) is 13.8 Å². The van der Waals surface area contributed by atoms with Crippen LogP contribution in [0.1, 0.15) is 39.5 Å². The van der Waals surface area contributed by atoms with Crippen molar-refractivity contribution in [3.63, 3.8) is 0 Å². The molecule has 0 aromatic rings. The Bertz CT molecular complexity index is 187. The predicted molar refractivity (Wildman–Crippen MR) is 71.3 cm³/mol. The molecule has 3 nitrogen and oxygen atoms in total. The zero-order chi connectivity index (χ0) is 12.5. The van der Waals surface area contributed by atoms with Gasteiger partial charge in [0.15, 0.2) is 0 Å². The lowest BCUT2D eigenvalue weighted by Gasteiger charge is -2.32. The Balaban J connectivity index is 1.92. The first-order chi connectivity index (χ1) is 8.24. The van der Waals surface area contributed by atoms with Crippen molar-refractivity contribution >= 4 is 0 Å². The second-order valence-electron chi connectivity index (χ2n) is 5.38. The molecular formula is C14H29NO2. The molecule has 0 heterocycles. The second-order valence-corrected chi connectivity index (χ2v) is 5.38. The van der Waals surface area contributed by atoms with E-state index in [1.54, 1.807) is 7.11 Å². The lowest BCUT2D eigenvalue weighted by atomic mass is 9.79. The Labute approximate surface area is 106 Å². The summed E-state index contributed by atoms with van der Waals surface area (Å²) in [5.74, 6) is 1.78. The van der Waals surface area contributed by atoms with Gasteiger partial charge in [0, 0.05) is 19.8 Å². The van der Waals surface area contributed by atoms with E-state index < -0.39 is 0 Å². The molecule has 3 unspecified atom stereocenters. The van der Waals surface area contributed by atoms with Gasteiger partial charge in [0.2, 0.25) is 0 Å². The van der Waals surface area contributed by atoms with Crippen LogP contribution in [0.25, 0.3) is 0 Å². The highest BCUT2D eigenvalue weighted by Gasteiger charge is 2.23. The first-order valence-electron chi connectivity index (χ1n) is 7.04. The van der Waals surface area contributed by atoms with Gasteiger partial charge in [-0.3, -0.25) is 0 Å². The van der Waals surface area contributed by atoms with Crippen molar-refractivity contribution in [2.75, 3.05) is 33.5 Å². The summed E-state index contributed by atoms with van der Waals surface area (Å²) in [6.45, 7) is 8.10. The van der Waals surface area contributed by atoms with Crippen LogP contribution in [0.2, 0.25) is 0 Å². The molecule has 0 aliphatic heterocycles. The van der Waals surface area contributed by atoms with Crippen molar-refractivity contribution in [3.05, 3.63) is 0 Å². The molecule has 3 atom stereocenters. The van der Waals surface area contributed by atoms with E-state index in [1.807, 2.05) is 0 Å². The fourth-order valence-electron chi connectivity index (χ4n) is 2.46. The zero-order valence-corrected chi connectivity index (χ0v) is 11.7. The Kier molecular flexibility index (Phi) is 7.82. The third kappa shape index (κ3) is 6.39. The first kappa shape index (κ1) is 14.9. The highest BCUT2D eigenvalue weighted by molar-refractivity contribution is 4.79. The van der Waals surface area contributed by atoms with Gasteiger partial charge in [-0.25, -0.2) is 0 Å². The number of hydrogen-bond donors (Lipinski definition) is 1. The van der Waals surface area contributed by atoms with Crippen LogP contribution < -0.4 is 5.32 Å². The fraction of sp³-hybridized carbons (Fsp3) is 1.00. The molecule has 17 heavy (non-hydrogen) atoms. The van der Waals surface area contributed by atoms with Crippen molar-refractivity contribution in [2.24, 2.45) is 11.8 Å². The Hall–Kier alpha value is -0.120. The van der Waals surface area contributed by atoms with Gasteiger partial charge >= 0.3 is 0 Å². The fourth-order valence-corrected chi connectivity index (χ4v) is 2.46. The maximum Gasteiger partial charge on any atom is 0.0700 e. The van der Waals surface area contributed by atoms with E-state index in [-0.39, 0.29) is 0 Å². The van der Waals surface area contributed by atoms with Crippen LogP contribution in [0.4, 0.5) is 0 Å². The summed E-state index contributed by atoms with van der Waals surface area (Å²) in [6, 6.07) is 0.736. The van der Waals surface area contributed by atoms with E-state index in [0.717, 1.165) is 37.5 Å². The number of methoxy groups -OCH3 is 1. The first-order valence-corrected chi connectivity index (χ1v) is 7.04. The van der Waals surface area contributed by atoms with Crippen molar-refractivity contribution in [3.8, 4) is 0 Å². The van der Waals surface area contributed by atoms with E-state index in [4.69, 9.17) is 9.47 Å². The molecular weight excluding hydrogens is 214 g/mol. The lowest BCUT2D eigenvalue weighted by Crippen LogP contribution is -2.36. The highest BCUT2D eigenvalue weighted by Crippen LogP contribution is 2.29. The monoisotopic (exact) mass is 243 g/mol. The third-order valence-corrected chi connectivity index (χ3v) is 3.93. The van der Waals surface area contributed by atoms with Crippen LogP contribution in [0.3, 0.4) is 0 Å². The number of ether oxygens (including phenoxy) is 2. The third-order valence-electron chi connectivity index (χ3n) is 3.93. The number of hydrogen-bond acceptors (Lipinski definition) is 3. The summed E-state index contributed by atoms with van der Waals surface area (Å²) >= 11 is 0. The van der Waals surface area contributed by atoms with Crippen LogP contribution in [-0.4, -0.2) is 39.5 Å². The van der Waals surface area contributed by atoms with E-state index in [1.165, 1.54) is 19.3 Å². The standard InChI is InChI=1S/C14H29NO2/c1-12-5-6-14(11-13(12)2)15-7-4-8-17-10-9-16-3/h12-15H,4-11H2,1-3H3. The summed E-state index contributed by atoms with van der Waals surface area (Å²) in [7, 11) is 1.70.